The third kappa shape index (κ3) is 3.60. The number of aryl methyl sites for hydroxylation is 1. The molecule has 1 aliphatic heterocycles. The summed E-state index contributed by atoms with van der Waals surface area (Å²) in [5, 5.41) is 4.25. The Kier molecular flexibility index (Phi) is 4.96. The van der Waals surface area contributed by atoms with E-state index in [0.717, 1.165) is 57.1 Å². The minimum absolute atomic E-state index is 0.739. The number of aromatic nitrogens is 2. The van der Waals surface area contributed by atoms with Crippen molar-refractivity contribution in [3.05, 3.63) is 42.2 Å². The zero-order valence-electron chi connectivity index (χ0n) is 13.1. The first-order valence-corrected chi connectivity index (χ1v) is 7.85. The number of hydrogen-bond acceptors (Lipinski definition) is 4. The Morgan fingerprint density at radius 2 is 2.23 bits per heavy atom. The predicted octanol–water partition coefficient (Wildman–Crippen LogP) is 2.57. The molecular weight excluding hydrogens is 278 g/mol. The van der Waals surface area contributed by atoms with Crippen LogP contribution in [0.3, 0.4) is 0 Å². The summed E-state index contributed by atoms with van der Waals surface area (Å²) in [6.45, 7) is 4.74. The second-order valence-electron chi connectivity index (χ2n) is 5.55. The summed E-state index contributed by atoms with van der Waals surface area (Å²) in [7, 11) is 1.69. The molecule has 0 atom stereocenters. The maximum absolute atomic E-state index is 5.90. The molecule has 2 heterocycles. The molecule has 0 N–H and O–H groups in total. The van der Waals surface area contributed by atoms with Gasteiger partial charge in [0.25, 0.3) is 0 Å². The largest absolute Gasteiger partial charge is 0.493 e. The van der Waals surface area contributed by atoms with Crippen molar-refractivity contribution >= 4 is 0 Å². The fourth-order valence-electron chi connectivity index (χ4n) is 2.87. The molecule has 5 heteroatoms. The van der Waals surface area contributed by atoms with Crippen LogP contribution in [0.2, 0.25) is 0 Å². The molecule has 0 spiro atoms. The number of rotatable bonds is 5. The van der Waals surface area contributed by atoms with E-state index in [1.165, 1.54) is 5.56 Å². The van der Waals surface area contributed by atoms with Crippen molar-refractivity contribution in [2.45, 2.75) is 25.9 Å². The molecule has 0 unspecified atom stereocenters. The Hall–Kier alpha value is -2.01. The Morgan fingerprint density at radius 1 is 1.27 bits per heavy atom. The van der Waals surface area contributed by atoms with Crippen molar-refractivity contribution in [2.75, 3.05) is 26.8 Å². The second-order valence-corrected chi connectivity index (χ2v) is 5.55. The van der Waals surface area contributed by atoms with E-state index in [4.69, 9.17) is 9.47 Å². The topological polar surface area (TPSA) is 39.5 Å². The van der Waals surface area contributed by atoms with Crippen LogP contribution in [0.1, 0.15) is 18.4 Å². The summed E-state index contributed by atoms with van der Waals surface area (Å²) in [5.41, 5.74) is 1.21. The van der Waals surface area contributed by atoms with Crippen molar-refractivity contribution in [1.29, 1.82) is 0 Å². The predicted molar refractivity (Wildman–Crippen MR) is 85.2 cm³/mol. The molecule has 3 rings (SSSR count). The molecule has 0 amide bonds. The Labute approximate surface area is 131 Å². The third-order valence-electron chi connectivity index (χ3n) is 3.96. The van der Waals surface area contributed by atoms with Gasteiger partial charge in [-0.25, -0.2) is 0 Å². The molecule has 0 saturated carbocycles. The molecule has 0 radical (unpaired) electrons. The van der Waals surface area contributed by atoms with Crippen LogP contribution in [0.25, 0.3) is 0 Å². The molecule has 118 valence electrons. The first-order chi connectivity index (χ1) is 10.9. The van der Waals surface area contributed by atoms with E-state index in [2.05, 4.69) is 16.1 Å². The Morgan fingerprint density at radius 3 is 3.05 bits per heavy atom. The van der Waals surface area contributed by atoms with Gasteiger partial charge in [-0.1, -0.05) is 12.1 Å². The second kappa shape index (κ2) is 7.31. The fraction of sp³-hybridized carbons (Fsp3) is 0.471. The molecule has 22 heavy (non-hydrogen) atoms. The number of ether oxygens (including phenoxy) is 2. The van der Waals surface area contributed by atoms with Crippen molar-refractivity contribution in [3.8, 4) is 11.5 Å². The van der Waals surface area contributed by atoms with Crippen molar-refractivity contribution in [2.24, 2.45) is 0 Å². The highest BCUT2D eigenvalue weighted by atomic mass is 16.5. The maximum Gasteiger partial charge on any atom is 0.165 e. The first-order valence-electron chi connectivity index (χ1n) is 7.85. The lowest BCUT2D eigenvalue weighted by Crippen LogP contribution is -2.29. The van der Waals surface area contributed by atoms with Gasteiger partial charge in [0, 0.05) is 44.1 Å². The van der Waals surface area contributed by atoms with E-state index in [-0.39, 0.29) is 0 Å². The minimum Gasteiger partial charge on any atom is -0.493 e. The molecule has 0 bridgehead atoms. The monoisotopic (exact) mass is 301 g/mol. The molecule has 5 nitrogen and oxygen atoms in total. The fourth-order valence-corrected chi connectivity index (χ4v) is 2.87. The summed E-state index contributed by atoms with van der Waals surface area (Å²) in [4.78, 5) is 2.49. The number of hydrogen-bond donors (Lipinski definition) is 0. The maximum atomic E-state index is 5.90. The lowest BCUT2D eigenvalue weighted by molar-refractivity contribution is 0.196. The van der Waals surface area contributed by atoms with E-state index in [1.54, 1.807) is 7.11 Å². The molecule has 1 aromatic carbocycles. The van der Waals surface area contributed by atoms with E-state index in [0.29, 0.717) is 0 Å². The zero-order valence-corrected chi connectivity index (χ0v) is 13.1. The number of methoxy groups -OCH3 is 1. The van der Waals surface area contributed by atoms with Gasteiger partial charge in [0.15, 0.2) is 11.5 Å². The van der Waals surface area contributed by atoms with Crippen molar-refractivity contribution in [1.82, 2.24) is 14.7 Å². The summed E-state index contributed by atoms with van der Waals surface area (Å²) in [6.07, 6.45) is 5.98. The van der Waals surface area contributed by atoms with Gasteiger partial charge in [-0.3, -0.25) is 9.58 Å². The molecule has 1 aromatic heterocycles. The van der Waals surface area contributed by atoms with Crippen molar-refractivity contribution < 1.29 is 9.47 Å². The van der Waals surface area contributed by atoms with E-state index in [1.807, 2.05) is 35.3 Å². The first kappa shape index (κ1) is 14.9. The van der Waals surface area contributed by atoms with Gasteiger partial charge in [-0.2, -0.15) is 5.10 Å². The summed E-state index contributed by atoms with van der Waals surface area (Å²) in [5.74, 6) is 1.73. The SMILES string of the molecule is COc1cccc2c1OCCCN(CCCn1cccn1)C2. The Bertz CT molecular complexity index is 584. The molecule has 0 aliphatic carbocycles. The highest BCUT2D eigenvalue weighted by Crippen LogP contribution is 2.33. The highest BCUT2D eigenvalue weighted by molar-refractivity contribution is 5.46. The highest BCUT2D eigenvalue weighted by Gasteiger charge is 2.16. The van der Waals surface area contributed by atoms with Crippen LogP contribution >= 0.6 is 0 Å². The molecule has 2 aromatic rings. The average Bonchev–Trinajstić information content (AvgIpc) is 3.02. The van der Waals surface area contributed by atoms with Gasteiger partial charge in [0.2, 0.25) is 0 Å². The molecule has 1 aliphatic rings. The van der Waals surface area contributed by atoms with Crippen LogP contribution in [0, 0.1) is 0 Å². The minimum atomic E-state index is 0.739. The van der Waals surface area contributed by atoms with Crippen LogP contribution in [-0.2, 0) is 13.1 Å². The zero-order chi connectivity index (χ0) is 15.2. The Balaban J connectivity index is 1.63. The number of fused-ring (bicyclic) bond motifs is 1. The number of benzene rings is 1. The van der Waals surface area contributed by atoms with Gasteiger partial charge < -0.3 is 9.47 Å². The van der Waals surface area contributed by atoms with E-state index in [9.17, 15) is 0 Å². The standard InChI is InChI=1S/C17H23N3O2/c1-21-16-7-2-6-15-14-19(10-5-13-22-17(15)16)9-4-12-20-11-3-8-18-20/h2-3,6-8,11H,4-5,9-10,12-14H2,1H3. The third-order valence-corrected chi connectivity index (χ3v) is 3.96. The molecule has 0 fully saturated rings. The van der Waals surface area contributed by atoms with E-state index >= 15 is 0 Å². The van der Waals surface area contributed by atoms with Crippen LogP contribution < -0.4 is 9.47 Å². The summed E-state index contributed by atoms with van der Waals surface area (Å²) in [6, 6.07) is 8.09. The quantitative estimate of drug-likeness (QED) is 0.851. The van der Waals surface area contributed by atoms with Crippen LogP contribution in [0.15, 0.2) is 36.7 Å². The van der Waals surface area contributed by atoms with Crippen LogP contribution in [0.4, 0.5) is 0 Å². The van der Waals surface area contributed by atoms with Gasteiger partial charge in [0.05, 0.1) is 13.7 Å². The number of nitrogens with zero attached hydrogens (tertiary/aromatic N) is 3. The molecule has 0 saturated heterocycles. The van der Waals surface area contributed by atoms with E-state index < -0.39 is 0 Å². The molecular formula is C17H23N3O2. The van der Waals surface area contributed by atoms with Gasteiger partial charge in [-0.05, 0) is 25.0 Å². The number of para-hydroxylation sites is 1. The average molecular weight is 301 g/mol. The van der Waals surface area contributed by atoms with Crippen molar-refractivity contribution in [3.63, 3.8) is 0 Å². The lowest BCUT2D eigenvalue weighted by atomic mass is 10.1. The van der Waals surface area contributed by atoms with Crippen LogP contribution in [-0.4, -0.2) is 41.5 Å². The lowest BCUT2D eigenvalue weighted by Gasteiger charge is -2.27. The normalized spacial score (nSPS) is 15.5. The van der Waals surface area contributed by atoms with Gasteiger partial charge in [-0.15, -0.1) is 0 Å². The van der Waals surface area contributed by atoms with Crippen LogP contribution in [0.5, 0.6) is 11.5 Å². The smallest absolute Gasteiger partial charge is 0.165 e. The van der Waals surface area contributed by atoms with Gasteiger partial charge in [0.1, 0.15) is 0 Å². The summed E-state index contributed by atoms with van der Waals surface area (Å²) >= 11 is 0. The summed E-state index contributed by atoms with van der Waals surface area (Å²) < 4.78 is 13.3. The van der Waals surface area contributed by atoms with Gasteiger partial charge >= 0.3 is 0 Å².